The Morgan fingerprint density at radius 3 is 2.48 bits per heavy atom. The number of hydrogen-bond acceptors (Lipinski definition) is 3. The van der Waals surface area contributed by atoms with Crippen LogP contribution < -0.4 is 5.73 Å². The molecule has 25 heavy (non-hydrogen) atoms. The number of amides is 2. The Hall–Kier alpha value is -2.66. The molecule has 3 rings (SSSR count). The number of benzene rings is 2. The number of carbonyl (C=O) groups excluding carboxylic acids is 2. The minimum Gasteiger partial charge on any atom is -0.340 e. The Labute approximate surface area is 148 Å². The second-order valence-corrected chi connectivity index (χ2v) is 6.22. The van der Waals surface area contributed by atoms with E-state index in [-0.39, 0.29) is 18.4 Å². The first-order chi connectivity index (χ1) is 12.2. The van der Waals surface area contributed by atoms with Gasteiger partial charge in [0.2, 0.25) is 5.91 Å². The summed E-state index contributed by atoms with van der Waals surface area (Å²) in [4.78, 5) is 28.5. The third-order valence-corrected chi connectivity index (χ3v) is 4.49. The topological polar surface area (TPSA) is 66.6 Å². The van der Waals surface area contributed by atoms with E-state index in [1.807, 2.05) is 54.6 Å². The third kappa shape index (κ3) is 4.06. The van der Waals surface area contributed by atoms with E-state index in [0.29, 0.717) is 31.7 Å². The van der Waals surface area contributed by atoms with Crippen LogP contribution in [-0.4, -0.2) is 47.8 Å². The summed E-state index contributed by atoms with van der Waals surface area (Å²) in [7, 11) is 0. The highest BCUT2D eigenvalue weighted by atomic mass is 16.2. The van der Waals surface area contributed by atoms with Gasteiger partial charge in [0, 0.05) is 31.7 Å². The number of nitrogens with two attached hydrogens (primary N) is 1. The van der Waals surface area contributed by atoms with Crippen LogP contribution in [0.3, 0.4) is 0 Å². The predicted molar refractivity (Wildman–Crippen MR) is 97.0 cm³/mol. The zero-order chi connectivity index (χ0) is 17.6. The maximum absolute atomic E-state index is 12.7. The molecule has 2 aromatic rings. The van der Waals surface area contributed by atoms with Crippen LogP contribution in [0.4, 0.5) is 0 Å². The normalized spacial score (nSPS) is 13.0. The molecule has 0 aliphatic carbocycles. The van der Waals surface area contributed by atoms with Gasteiger partial charge < -0.3 is 15.5 Å². The molecule has 1 aliphatic heterocycles. The van der Waals surface area contributed by atoms with E-state index in [9.17, 15) is 9.59 Å². The molecule has 0 saturated heterocycles. The van der Waals surface area contributed by atoms with Gasteiger partial charge in [-0.05, 0) is 23.6 Å². The maximum atomic E-state index is 12.7. The van der Waals surface area contributed by atoms with Crippen LogP contribution in [0.5, 0.6) is 0 Å². The second kappa shape index (κ2) is 7.94. The minimum atomic E-state index is -0.0697. The molecule has 5 nitrogen and oxygen atoms in total. The predicted octanol–water partition coefficient (Wildman–Crippen LogP) is 1.67. The lowest BCUT2D eigenvalue weighted by atomic mass is 10.1. The van der Waals surface area contributed by atoms with Crippen LogP contribution in [-0.2, 0) is 17.8 Å². The zero-order valence-corrected chi connectivity index (χ0v) is 14.2. The van der Waals surface area contributed by atoms with Crippen molar-refractivity contribution in [2.45, 2.75) is 13.0 Å². The van der Waals surface area contributed by atoms with E-state index >= 15 is 0 Å². The standard InChI is InChI=1S/C20H23N3O2/c21-11-13-22(12-10-16-6-2-1-3-7-16)19(24)15-23-14-17-8-4-5-9-18(17)20(23)25/h1-9H,10-15,21H2. The van der Waals surface area contributed by atoms with Crippen LogP contribution >= 0.6 is 0 Å². The molecule has 2 aromatic carbocycles. The van der Waals surface area contributed by atoms with E-state index in [0.717, 1.165) is 12.0 Å². The molecule has 0 fully saturated rings. The Morgan fingerprint density at radius 2 is 1.76 bits per heavy atom. The van der Waals surface area contributed by atoms with Crippen molar-refractivity contribution in [3.8, 4) is 0 Å². The van der Waals surface area contributed by atoms with Gasteiger partial charge in [-0.3, -0.25) is 9.59 Å². The zero-order valence-electron chi connectivity index (χ0n) is 14.2. The molecule has 2 N–H and O–H groups in total. The fraction of sp³-hybridized carbons (Fsp3) is 0.300. The summed E-state index contributed by atoms with van der Waals surface area (Å²) in [5.74, 6) is -0.123. The molecule has 0 atom stereocenters. The highest BCUT2D eigenvalue weighted by Gasteiger charge is 2.29. The van der Waals surface area contributed by atoms with Crippen LogP contribution in [0.25, 0.3) is 0 Å². The van der Waals surface area contributed by atoms with E-state index in [1.165, 1.54) is 5.56 Å². The molecular formula is C20H23N3O2. The fourth-order valence-corrected chi connectivity index (χ4v) is 3.13. The molecule has 0 unspecified atom stereocenters. The van der Waals surface area contributed by atoms with Gasteiger partial charge in [-0.1, -0.05) is 48.5 Å². The van der Waals surface area contributed by atoms with E-state index in [1.54, 1.807) is 9.80 Å². The van der Waals surface area contributed by atoms with Crippen molar-refractivity contribution in [2.75, 3.05) is 26.2 Å². The van der Waals surface area contributed by atoms with Crippen molar-refractivity contribution in [2.24, 2.45) is 5.73 Å². The molecule has 0 radical (unpaired) electrons. The molecule has 0 aromatic heterocycles. The molecular weight excluding hydrogens is 314 g/mol. The molecule has 1 heterocycles. The van der Waals surface area contributed by atoms with Crippen LogP contribution in [0.2, 0.25) is 0 Å². The fourth-order valence-electron chi connectivity index (χ4n) is 3.13. The summed E-state index contributed by atoms with van der Waals surface area (Å²) in [6, 6.07) is 17.6. The highest BCUT2D eigenvalue weighted by molar-refractivity contribution is 6.00. The average Bonchev–Trinajstić information content (AvgIpc) is 2.95. The van der Waals surface area contributed by atoms with Crippen molar-refractivity contribution in [3.63, 3.8) is 0 Å². The van der Waals surface area contributed by atoms with Crippen molar-refractivity contribution < 1.29 is 9.59 Å². The van der Waals surface area contributed by atoms with E-state index < -0.39 is 0 Å². The van der Waals surface area contributed by atoms with Gasteiger partial charge in [-0.25, -0.2) is 0 Å². The SMILES string of the molecule is NCCN(CCc1ccccc1)C(=O)CN1Cc2ccccc2C1=O. The summed E-state index contributed by atoms with van der Waals surface area (Å²) < 4.78 is 0. The van der Waals surface area contributed by atoms with Crippen molar-refractivity contribution in [3.05, 3.63) is 71.3 Å². The lowest BCUT2D eigenvalue weighted by Crippen LogP contribution is -2.43. The van der Waals surface area contributed by atoms with Gasteiger partial charge in [-0.15, -0.1) is 0 Å². The van der Waals surface area contributed by atoms with Gasteiger partial charge in [0.15, 0.2) is 0 Å². The Morgan fingerprint density at radius 1 is 1.04 bits per heavy atom. The van der Waals surface area contributed by atoms with E-state index in [4.69, 9.17) is 5.73 Å². The summed E-state index contributed by atoms with van der Waals surface area (Å²) in [5.41, 5.74) is 8.53. The molecule has 0 spiro atoms. The number of rotatable bonds is 7. The van der Waals surface area contributed by atoms with Gasteiger partial charge in [0.05, 0.1) is 0 Å². The summed E-state index contributed by atoms with van der Waals surface area (Å²) in [5, 5.41) is 0. The lowest BCUT2D eigenvalue weighted by molar-refractivity contribution is -0.131. The first kappa shape index (κ1) is 17.2. The Balaban J connectivity index is 1.61. The van der Waals surface area contributed by atoms with Gasteiger partial charge in [0.25, 0.3) is 5.91 Å². The van der Waals surface area contributed by atoms with Gasteiger partial charge in [-0.2, -0.15) is 0 Å². The Bertz CT molecular complexity index is 746. The van der Waals surface area contributed by atoms with Crippen LogP contribution in [0.1, 0.15) is 21.5 Å². The van der Waals surface area contributed by atoms with Crippen molar-refractivity contribution in [1.29, 1.82) is 0 Å². The molecule has 1 aliphatic rings. The molecule has 0 saturated carbocycles. The number of fused-ring (bicyclic) bond motifs is 1. The summed E-state index contributed by atoms with van der Waals surface area (Å²) >= 11 is 0. The minimum absolute atomic E-state index is 0.0532. The second-order valence-electron chi connectivity index (χ2n) is 6.22. The summed E-state index contributed by atoms with van der Waals surface area (Å²) in [6.45, 7) is 2.11. The number of carbonyl (C=O) groups is 2. The van der Waals surface area contributed by atoms with Gasteiger partial charge in [0.1, 0.15) is 6.54 Å². The highest BCUT2D eigenvalue weighted by Crippen LogP contribution is 2.22. The maximum Gasteiger partial charge on any atom is 0.254 e. The van der Waals surface area contributed by atoms with Crippen LogP contribution in [0, 0.1) is 0 Å². The molecule has 5 heteroatoms. The lowest BCUT2D eigenvalue weighted by Gasteiger charge is -2.25. The molecule has 130 valence electrons. The third-order valence-electron chi connectivity index (χ3n) is 4.49. The number of nitrogens with zero attached hydrogens (tertiary/aromatic N) is 2. The monoisotopic (exact) mass is 337 g/mol. The first-order valence-electron chi connectivity index (χ1n) is 8.58. The number of hydrogen-bond donors (Lipinski definition) is 1. The molecule has 0 bridgehead atoms. The van der Waals surface area contributed by atoms with Crippen molar-refractivity contribution in [1.82, 2.24) is 9.80 Å². The Kier molecular flexibility index (Phi) is 5.46. The largest absolute Gasteiger partial charge is 0.340 e. The molecule has 2 amide bonds. The van der Waals surface area contributed by atoms with Gasteiger partial charge >= 0.3 is 0 Å². The quantitative estimate of drug-likeness (QED) is 0.836. The van der Waals surface area contributed by atoms with E-state index in [2.05, 4.69) is 0 Å². The first-order valence-corrected chi connectivity index (χ1v) is 8.58. The average molecular weight is 337 g/mol. The van der Waals surface area contributed by atoms with Crippen molar-refractivity contribution >= 4 is 11.8 Å². The van der Waals surface area contributed by atoms with Crippen LogP contribution in [0.15, 0.2) is 54.6 Å². The smallest absolute Gasteiger partial charge is 0.254 e. The summed E-state index contributed by atoms with van der Waals surface area (Å²) in [6.07, 6.45) is 0.779.